The number of amides is 2. The van der Waals surface area contributed by atoms with Gasteiger partial charge in [-0.2, -0.15) is 0 Å². The lowest BCUT2D eigenvalue weighted by molar-refractivity contribution is -0.226. The Balaban J connectivity index is 1.73. The van der Waals surface area contributed by atoms with Crippen molar-refractivity contribution in [3.05, 3.63) is 33.8 Å². The molecule has 3 rings (SSSR count). The average Bonchev–Trinajstić information content (AvgIpc) is 3.08. The van der Waals surface area contributed by atoms with Gasteiger partial charge in [0, 0.05) is 37.4 Å². The van der Waals surface area contributed by atoms with Crippen LogP contribution in [0.1, 0.15) is 43.0 Å². The van der Waals surface area contributed by atoms with Gasteiger partial charge in [0.05, 0.1) is 48.6 Å². The maximum atomic E-state index is 13.3. The van der Waals surface area contributed by atoms with Crippen LogP contribution in [0.25, 0.3) is 0 Å². The number of hydrogen-bond donors (Lipinski definition) is 7. The van der Waals surface area contributed by atoms with E-state index in [9.17, 15) is 39.6 Å². The second-order valence-electron chi connectivity index (χ2n) is 11.8. The first-order valence-corrected chi connectivity index (χ1v) is 16.6. The highest BCUT2D eigenvalue weighted by molar-refractivity contribution is 6.42. The van der Waals surface area contributed by atoms with Gasteiger partial charge in [-0.15, -0.1) is 0 Å². The summed E-state index contributed by atoms with van der Waals surface area (Å²) in [6, 6.07) is 2.89. The second-order valence-corrected chi connectivity index (χ2v) is 12.6. The minimum Gasteiger partial charge on any atom is -0.467 e. The predicted octanol–water partition coefficient (Wildman–Crippen LogP) is -0.926. The molecule has 0 bridgehead atoms. The van der Waals surface area contributed by atoms with Gasteiger partial charge in [-0.3, -0.25) is 14.4 Å². The monoisotopic (exact) mass is 737 g/mol. The van der Waals surface area contributed by atoms with Crippen LogP contribution in [0.2, 0.25) is 10.0 Å². The normalized spacial score (nSPS) is 30.0. The molecule has 8 N–H and O–H groups in total. The van der Waals surface area contributed by atoms with Crippen LogP contribution in [0.5, 0.6) is 0 Å². The van der Waals surface area contributed by atoms with Gasteiger partial charge in [0.2, 0.25) is 5.91 Å². The Hall–Kier alpha value is -2.48. The number of nitrogens with two attached hydrogens (primary N) is 1. The Morgan fingerprint density at radius 2 is 1.61 bits per heavy atom. The highest BCUT2D eigenvalue weighted by Crippen LogP contribution is 2.29. The van der Waals surface area contributed by atoms with Gasteiger partial charge in [-0.25, -0.2) is 4.79 Å². The number of ketones is 1. The summed E-state index contributed by atoms with van der Waals surface area (Å²) in [6.45, 7) is 0.508. The number of rotatable bonds is 17. The molecule has 1 aromatic carbocycles. The molecule has 2 fully saturated rings. The maximum Gasteiger partial charge on any atom is 0.331 e. The van der Waals surface area contributed by atoms with Gasteiger partial charge in [-0.1, -0.05) is 30.1 Å². The fourth-order valence-corrected chi connectivity index (χ4v) is 5.90. The van der Waals surface area contributed by atoms with Crippen molar-refractivity contribution in [2.75, 3.05) is 40.1 Å². The molecule has 2 amide bonds. The summed E-state index contributed by atoms with van der Waals surface area (Å²) in [5.74, 6) is -3.05. The summed E-state index contributed by atoms with van der Waals surface area (Å²) < 4.78 is 27.6. The number of aliphatic hydroxyl groups is 4. The van der Waals surface area contributed by atoms with E-state index in [4.69, 9.17) is 47.9 Å². The number of methoxy groups -OCH3 is 1. The number of carbonyl (C=O) groups excluding carboxylic acids is 4. The number of nitrogens with one attached hydrogen (secondary N) is 2. The Morgan fingerprint density at radius 1 is 0.918 bits per heavy atom. The van der Waals surface area contributed by atoms with Crippen molar-refractivity contribution >= 4 is 46.8 Å². The summed E-state index contributed by atoms with van der Waals surface area (Å²) >= 11 is 12.0. The average molecular weight is 739 g/mol. The van der Waals surface area contributed by atoms with Gasteiger partial charge in [0.1, 0.15) is 42.9 Å². The molecule has 2 aliphatic heterocycles. The first kappa shape index (κ1) is 40.9. The number of halogens is 2. The standard InChI is InChI=1S/C31H45Cl2N3O13/c1-15-26(42)21(12-37)49-31(28(15)46-9-3-8-34)35-23(40)7-5-17(39)11-20-25(36-30(44)16-4-6-18(32)19(33)10-16)29(47-14-24(41)45-2)27(43)22(13-38)48-20/h4,6,10,15,20-22,25-29,31,37-38,42-43H,3,5,7-9,11-14,34H2,1-2H3,(H,35,40)(H,36,44)/t15-,20+,21?,22+,25?,26+,27+,28?,29?,31+/m0/s1. The van der Waals surface area contributed by atoms with Crippen LogP contribution in [-0.4, -0.2) is 139 Å². The van der Waals surface area contributed by atoms with Gasteiger partial charge in [0.25, 0.3) is 5.91 Å². The van der Waals surface area contributed by atoms with E-state index >= 15 is 0 Å². The molecular weight excluding hydrogens is 693 g/mol. The maximum absolute atomic E-state index is 13.3. The van der Waals surface area contributed by atoms with Crippen molar-refractivity contribution in [3.63, 3.8) is 0 Å². The summed E-state index contributed by atoms with van der Waals surface area (Å²) in [5, 5.41) is 46.6. The second kappa shape index (κ2) is 19.8. The third-order valence-corrected chi connectivity index (χ3v) is 9.10. The van der Waals surface area contributed by atoms with Gasteiger partial charge >= 0.3 is 5.97 Å². The van der Waals surface area contributed by atoms with Crippen LogP contribution >= 0.6 is 23.2 Å². The molecule has 2 saturated heterocycles. The summed E-state index contributed by atoms with van der Waals surface area (Å²) in [7, 11) is 1.13. The van der Waals surface area contributed by atoms with Gasteiger partial charge in [-0.05, 0) is 31.2 Å². The van der Waals surface area contributed by atoms with Crippen LogP contribution in [0.3, 0.4) is 0 Å². The zero-order chi connectivity index (χ0) is 36.2. The van der Waals surface area contributed by atoms with E-state index in [0.717, 1.165) is 7.11 Å². The largest absolute Gasteiger partial charge is 0.467 e. The summed E-state index contributed by atoms with van der Waals surface area (Å²) in [6.07, 6.45) is -9.56. The van der Waals surface area contributed by atoms with Crippen molar-refractivity contribution in [3.8, 4) is 0 Å². The Morgan fingerprint density at radius 3 is 2.24 bits per heavy atom. The number of carbonyl (C=O) groups is 4. The van der Waals surface area contributed by atoms with Crippen molar-refractivity contribution in [2.24, 2.45) is 11.7 Å². The van der Waals surface area contributed by atoms with Crippen LogP contribution in [0.15, 0.2) is 18.2 Å². The van der Waals surface area contributed by atoms with E-state index in [0.29, 0.717) is 13.0 Å². The van der Waals surface area contributed by atoms with E-state index in [1.165, 1.54) is 18.2 Å². The SMILES string of the molecule is COC(=O)COC1C(NC(=O)c2ccc(Cl)c(Cl)c2)[C@@H](CC(=O)CCC(=O)N[C@@H]2OC(CO)[C@H](O)[C@H](C)C2OCCCN)O[C@H](CO)[C@H]1O. The molecule has 0 saturated carbocycles. The van der Waals surface area contributed by atoms with Crippen molar-refractivity contribution in [1.82, 2.24) is 10.6 Å². The first-order chi connectivity index (χ1) is 23.3. The minimum absolute atomic E-state index is 0.0853. The third kappa shape index (κ3) is 11.3. The molecule has 10 atom stereocenters. The first-order valence-electron chi connectivity index (χ1n) is 15.8. The quantitative estimate of drug-likeness (QED) is 0.0755. The van der Waals surface area contributed by atoms with Crippen LogP contribution < -0.4 is 16.4 Å². The van der Waals surface area contributed by atoms with Crippen molar-refractivity contribution in [1.29, 1.82) is 0 Å². The molecule has 0 aromatic heterocycles. The Labute approximate surface area is 293 Å². The Bertz CT molecular complexity index is 1280. The molecule has 0 radical (unpaired) electrons. The van der Waals surface area contributed by atoms with E-state index in [1.807, 2.05) is 0 Å². The summed E-state index contributed by atoms with van der Waals surface area (Å²) in [5.41, 5.74) is 5.63. The van der Waals surface area contributed by atoms with E-state index in [2.05, 4.69) is 15.4 Å². The van der Waals surface area contributed by atoms with E-state index in [-0.39, 0.29) is 41.5 Å². The number of esters is 1. The molecular formula is C31H45Cl2N3O13. The number of Topliss-reactive ketones (excluding diaryl/α,β-unsaturated/α-hetero) is 1. The smallest absolute Gasteiger partial charge is 0.331 e. The zero-order valence-corrected chi connectivity index (χ0v) is 28.7. The summed E-state index contributed by atoms with van der Waals surface area (Å²) in [4.78, 5) is 51.4. The van der Waals surface area contributed by atoms with Crippen molar-refractivity contribution < 1.29 is 63.3 Å². The molecule has 4 unspecified atom stereocenters. The minimum atomic E-state index is -1.54. The van der Waals surface area contributed by atoms with E-state index in [1.54, 1.807) is 6.92 Å². The molecule has 1 aromatic rings. The fraction of sp³-hybridized carbons (Fsp3) is 0.677. The lowest BCUT2D eigenvalue weighted by Crippen LogP contribution is -2.65. The third-order valence-electron chi connectivity index (χ3n) is 8.36. The molecule has 18 heteroatoms. The number of hydrogen-bond acceptors (Lipinski definition) is 14. The molecule has 2 heterocycles. The molecule has 0 spiro atoms. The fourth-order valence-electron chi connectivity index (χ4n) is 5.60. The molecule has 0 aliphatic carbocycles. The topological polar surface area (TPSA) is 245 Å². The Kier molecular flexibility index (Phi) is 16.5. The molecule has 2 aliphatic rings. The highest BCUT2D eigenvalue weighted by Gasteiger charge is 2.48. The van der Waals surface area contributed by atoms with Gasteiger partial charge in [0.15, 0.2) is 6.23 Å². The molecule has 49 heavy (non-hydrogen) atoms. The molecule has 276 valence electrons. The van der Waals surface area contributed by atoms with E-state index < -0.39 is 104 Å². The van der Waals surface area contributed by atoms with Crippen molar-refractivity contribution in [2.45, 2.75) is 87.6 Å². The predicted molar refractivity (Wildman–Crippen MR) is 173 cm³/mol. The number of benzene rings is 1. The number of aliphatic hydroxyl groups excluding tert-OH is 4. The van der Waals surface area contributed by atoms with Crippen LogP contribution in [0, 0.1) is 5.92 Å². The molecule has 16 nitrogen and oxygen atoms in total. The lowest BCUT2D eigenvalue weighted by Gasteiger charge is -2.44. The zero-order valence-electron chi connectivity index (χ0n) is 27.2. The van der Waals surface area contributed by atoms with Crippen LogP contribution in [-0.2, 0) is 38.1 Å². The van der Waals surface area contributed by atoms with Crippen LogP contribution in [0.4, 0.5) is 0 Å². The van der Waals surface area contributed by atoms with Gasteiger partial charge < -0.3 is 60.5 Å². The lowest BCUT2D eigenvalue weighted by atomic mass is 9.89. The highest BCUT2D eigenvalue weighted by atomic mass is 35.5. The number of ether oxygens (including phenoxy) is 5.